The first-order valence-electron chi connectivity index (χ1n) is 7.56. The molecule has 1 atom stereocenters. The Kier molecular flexibility index (Phi) is 5.59. The van der Waals surface area contributed by atoms with Crippen LogP contribution >= 0.6 is 15.9 Å². The molecule has 8 heteroatoms. The third-order valence-corrected chi connectivity index (χ3v) is 4.19. The molecule has 0 bridgehead atoms. The molecule has 1 heterocycles. The number of nitrogens with one attached hydrogen (secondary N) is 2. The van der Waals surface area contributed by atoms with Crippen molar-refractivity contribution >= 4 is 33.7 Å². The Morgan fingerprint density at radius 2 is 2.00 bits per heavy atom. The van der Waals surface area contributed by atoms with E-state index in [4.69, 9.17) is 9.62 Å². The zero-order valence-electron chi connectivity index (χ0n) is 13.3. The van der Waals surface area contributed by atoms with Crippen molar-refractivity contribution in [3.63, 3.8) is 0 Å². The Bertz CT molecular complexity index is 953. The zero-order valence-corrected chi connectivity index (χ0v) is 14.9. The molecule has 0 fully saturated rings. The number of quaternary nitrogens is 1. The van der Waals surface area contributed by atoms with Crippen molar-refractivity contribution in [3.8, 4) is 11.3 Å². The number of carbonyl (C=O) groups excluding carboxylic acids is 1. The lowest BCUT2D eigenvalue weighted by molar-refractivity contribution is -0.991. The minimum Gasteiger partial charge on any atom is -0.595 e. The first kappa shape index (κ1) is 18.0. The van der Waals surface area contributed by atoms with Gasteiger partial charge in [0, 0.05) is 27.7 Å². The van der Waals surface area contributed by atoms with Crippen molar-refractivity contribution in [1.29, 1.82) is 0 Å². The van der Waals surface area contributed by atoms with Crippen molar-refractivity contribution in [2.24, 2.45) is 5.10 Å². The molecular weight excluding hydrogens is 402 g/mol. The minimum absolute atomic E-state index is 0.0331. The fourth-order valence-electron chi connectivity index (χ4n) is 2.24. The van der Waals surface area contributed by atoms with Crippen LogP contribution in [0.3, 0.4) is 0 Å². The van der Waals surface area contributed by atoms with E-state index >= 15 is 0 Å². The highest BCUT2D eigenvalue weighted by Crippen LogP contribution is 2.28. The van der Waals surface area contributed by atoms with Crippen molar-refractivity contribution in [1.82, 2.24) is 5.43 Å². The molecule has 3 rings (SSSR count). The van der Waals surface area contributed by atoms with Gasteiger partial charge in [0.2, 0.25) is 0 Å². The molecule has 1 unspecified atom stereocenters. The smallest absolute Gasteiger partial charge is 0.271 e. The lowest BCUT2D eigenvalue weighted by atomic mass is 10.2. The Labute approximate surface area is 157 Å². The average Bonchev–Trinajstić information content (AvgIpc) is 3.10. The molecular formula is C18H14BrN3O4. The summed E-state index contributed by atoms with van der Waals surface area (Å²) in [5.74, 6) is 0.622. The maximum Gasteiger partial charge on any atom is 0.271 e. The minimum atomic E-state index is -1.10. The second-order valence-corrected chi connectivity index (χ2v) is 6.12. The number of carbonyl (C=O) groups is 1. The monoisotopic (exact) mass is 415 g/mol. The summed E-state index contributed by atoms with van der Waals surface area (Å²) < 4.78 is 6.59. The third-order valence-electron chi connectivity index (χ3n) is 3.50. The van der Waals surface area contributed by atoms with E-state index in [9.17, 15) is 10.0 Å². The molecule has 0 aliphatic carbocycles. The SMILES string of the molecule is O=C(NN=Cc1ccc(-c2ccccc2Br)o1)c1cccc([NH+]([O-])O)c1. The van der Waals surface area contributed by atoms with E-state index in [1.54, 1.807) is 12.1 Å². The highest BCUT2D eigenvalue weighted by atomic mass is 79.9. The molecule has 0 saturated heterocycles. The van der Waals surface area contributed by atoms with Crippen LogP contribution in [0, 0.1) is 5.21 Å². The number of benzene rings is 2. The van der Waals surface area contributed by atoms with Crippen molar-refractivity contribution in [3.05, 3.63) is 81.7 Å². The summed E-state index contributed by atoms with van der Waals surface area (Å²) in [5, 5.41) is 22.6. The van der Waals surface area contributed by atoms with Crippen LogP contribution in [0.1, 0.15) is 16.1 Å². The highest BCUT2D eigenvalue weighted by Gasteiger charge is 2.09. The van der Waals surface area contributed by atoms with Crippen LogP contribution in [-0.4, -0.2) is 17.3 Å². The van der Waals surface area contributed by atoms with Gasteiger partial charge in [-0.15, -0.1) is 0 Å². The molecule has 0 aliphatic rings. The van der Waals surface area contributed by atoms with Gasteiger partial charge in [-0.05, 0) is 24.3 Å². The molecule has 132 valence electrons. The lowest BCUT2D eigenvalue weighted by Crippen LogP contribution is -2.99. The number of hydrazone groups is 1. The van der Waals surface area contributed by atoms with E-state index in [1.165, 1.54) is 30.5 Å². The molecule has 0 radical (unpaired) electrons. The lowest BCUT2D eigenvalue weighted by Gasteiger charge is -2.11. The Balaban J connectivity index is 1.67. The summed E-state index contributed by atoms with van der Waals surface area (Å²) in [6, 6.07) is 16.9. The normalized spacial score (nSPS) is 12.3. The van der Waals surface area contributed by atoms with E-state index in [0.29, 0.717) is 11.5 Å². The maximum absolute atomic E-state index is 12.0. The Hall–Kier alpha value is -2.78. The van der Waals surface area contributed by atoms with Crippen LogP contribution in [0.4, 0.5) is 5.69 Å². The molecule has 1 aromatic heterocycles. The van der Waals surface area contributed by atoms with Crippen molar-refractivity contribution in [2.75, 3.05) is 0 Å². The molecule has 0 spiro atoms. The van der Waals surface area contributed by atoms with Gasteiger partial charge < -0.3 is 9.62 Å². The molecule has 2 aromatic carbocycles. The van der Waals surface area contributed by atoms with E-state index in [-0.39, 0.29) is 11.3 Å². The van der Waals surface area contributed by atoms with Gasteiger partial charge in [-0.25, -0.2) is 10.6 Å². The van der Waals surface area contributed by atoms with Gasteiger partial charge in [-0.3, -0.25) is 4.79 Å². The van der Waals surface area contributed by atoms with Crippen molar-refractivity contribution < 1.29 is 19.6 Å². The average molecular weight is 416 g/mol. The summed E-state index contributed by atoms with van der Waals surface area (Å²) in [6.07, 6.45) is 1.37. The number of hydrogen-bond acceptors (Lipinski definition) is 5. The van der Waals surface area contributed by atoms with Gasteiger partial charge in [-0.1, -0.05) is 40.2 Å². The van der Waals surface area contributed by atoms with Gasteiger partial charge in [0.25, 0.3) is 5.91 Å². The molecule has 0 saturated carbocycles. The second-order valence-electron chi connectivity index (χ2n) is 5.27. The number of nitrogens with zero attached hydrogens (tertiary/aromatic N) is 1. The third kappa shape index (κ3) is 4.24. The number of rotatable bonds is 5. The van der Waals surface area contributed by atoms with Crippen LogP contribution < -0.4 is 10.7 Å². The number of amides is 1. The molecule has 7 nitrogen and oxygen atoms in total. The molecule has 3 aromatic rings. The van der Waals surface area contributed by atoms with Crippen LogP contribution in [0.25, 0.3) is 11.3 Å². The van der Waals surface area contributed by atoms with E-state index < -0.39 is 11.1 Å². The summed E-state index contributed by atoms with van der Waals surface area (Å²) in [4.78, 5) is 12.0. The maximum atomic E-state index is 12.0. The predicted octanol–water partition coefficient (Wildman–Crippen LogP) is 2.88. The van der Waals surface area contributed by atoms with Gasteiger partial charge in [-0.2, -0.15) is 10.3 Å². The standard InChI is InChI=1S/C18H14BrN3O4/c19-16-7-2-1-6-15(16)17-9-8-14(26-17)11-20-21-18(23)12-4-3-5-13(10-12)22(24)25/h1-11,22,24H,(H,21,23). The zero-order chi connectivity index (χ0) is 18.5. The summed E-state index contributed by atoms with van der Waals surface area (Å²) in [5.41, 5.74) is 3.48. The number of halogens is 1. The van der Waals surface area contributed by atoms with Gasteiger partial charge in [0.15, 0.2) is 5.69 Å². The summed E-state index contributed by atoms with van der Waals surface area (Å²) in [7, 11) is 0. The molecule has 1 amide bonds. The van der Waals surface area contributed by atoms with Crippen LogP contribution in [0.2, 0.25) is 0 Å². The topological polar surface area (TPSA) is 102 Å². The second kappa shape index (κ2) is 8.07. The number of furan rings is 1. The van der Waals surface area contributed by atoms with Crippen LogP contribution in [0.5, 0.6) is 0 Å². The first-order valence-corrected chi connectivity index (χ1v) is 8.35. The largest absolute Gasteiger partial charge is 0.595 e. The van der Waals surface area contributed by atoms with Crippen LogP contribution in [0.15, 0.2) is 74.7 Å². The highest BCUT2D eigenvalue weighted by molar-refractivity contribution is 9.10. The molecule has 0 aliphatic heterocycles. The number of hydrogen-bond donors (Lipinski definition) is 3. The van der Waals surface area contributed by atoms with Gasteiger partial charge >= 0.3 is 0 Å². The Morgan fingerprint density at radius 3 is 2.77 bits per heavy atom. The van der Waals surface area contributed by atoms with Gasteiger partial charge in [0.1, 0.15) is 11.5 Å². The summed E-state index contributed by atoms with van der Waals surface area (Å²) >= 11 is 3.46. The van der Waals surface area contributed by atoms with E-state index in [0.717, 1.165) is 10.0 Å². The van der Waals surface area contributed by atoms with Crippen molar-refractivity contribution in [2.45, 2.75) is 0 Å². The van der Waals surface area contributed by atoms with Gasteiger partial charge in [0.05, 0.1) is 6.21 Å². The van der Waals surface area contributed by atoms with E-state index in [2.05, 4.69) is 26.5 Å². The van der Waals surface area contributed by atoms with Crippen LogP contribution in [-0.2, 0) is 0 Å². The first-order chi connectivity index (χ1) is 12.5. The fraction of sp³-hybridized carbons (Fsp3) is 0. The van der Waals surface area contributed by atoms with E-state index in [1.807, 2.05) is 24.3 Å². The fourth-order valence-corrected chi connectivity index (χ4v) is 2.72. The molecule has 3 N–H and O–H groups in total. The predicted molar refractivity (Wildman–Crippen MR) is 99.1 cm³/mol. The quantitative estimate of drug-likeness (QED) is 0.440. The molecule has 26 heavy (non-hydrogen) atoms. The Morgan fingerprint density at radius 1 is 1.19 bits per heavy atom. The summed E-state index contributed by atoms with van der Waals surface area (Å²) in [6.45, 7) is 0.